The van der Waals surface area contributed by atoms with Crippen molar-refractivity contribution < 1.29 is 9.90 Å². The zero-order valence-electron chi connectivity index (χ0n) is 12.2. The van der Waals surface area contributed by atoms with Crippen LogP contribution < -0.4 is 0 Å². The number of fused-ring (bicyclic) bond motifs is 1. The molecule has 0 unspecified atom stereocenters. The number of hydrogen-bond donors (Lipinski definition) is 1. The number of aromatic nitrogens is 2. The van der Waals surface area contributed by atoms with E-state index in [0.717, 1.165) is 32.9 Å². The first-order chi connectivity index (χ1) is 9.95. The van der Waals surface area contributed by atoms with Gasteiger partial charge in [0, 0.05) is 4.88 Å². The highest BCUT2D eigenvalue weighted by molar-refractivity contribution is 7.15. The lowest BCUT2D eigenvalue weighted by molar-refractivity contribution is -0.137. The smallest absolute Gasteiger partial charge is 0.323 e. The van der Waals surface area contributed by atoms with Gasteiger partial charge in [0.2, 0.25) is 0 Å². The van der Waals surface area contributed by atoms with Crippen LogP contribution in [0.4, 0.5) is 0 Å². The summed E-state index contributed by atoms with van der Waals surface area (Å²) < 4.78 is 1.79. The first-order valence-corrected chi connectivity index (χ1v) is 7.53. The maximum atomic E-state index is 11.2. The van der Waals surface area contributed by atoms with Crippen molar-refractivity contribution in [3.05, 3.63) is 40.3 Å². The van der Waals surface area contributed by atoms with Crippen molar-refractivity contribution in [1.82, 2.24) is 9.55 Å². The van der Waals surface area contributed by atoms with E-state index < -0.39 is 5.97 Å². The summed E-state index contributed by atoms with van der Waals surface area (Å²) in [6, 6.07) is 8.07. The fourth-order valence-corrected chi connectivity index (χ4v) is 3.28. The number of carbonyl (C=O) groups is 1. The number of aryl methyl sites for hydroxylation is 3. The Morgan fingerprint density at radius 2 is 1.95 bits per heavy atom. The number of aliphatic carboxylic acids is 1. The van der Waals surface area contributed by atoms with Gasteiger partial charge in [0.05, 0.1) is 15.9 Å². The Labute approximate surface area is 126 Å². The number of nitrogens with zero attached hydrogens (tertiary/aromatic N) is 2. The van der Waals surface area contributed by atoms with E-state index in [4.69, 9.17) is 0 Å². The first-order valence-electron chi connectivity index (χ1n) is 6.72. The molecule has 0 aliphatic rings. The van der Waals surface area contributed by atoms with Crippen molar-refractivity contribution in [3.63, 3.8) is 0 Å². The molecule has 0 radical (unpaired) electrons. The van der Waals surface area contributed by atoms with Crippen LogP contribution in [0.5, 0.6) is 0 Å². The molecule has 108 valence electrons. The molecule has 0 atom stereocenters. The average molecular weight is 300 g/mol. The lowest BCUT2D eigenvalue weighted by atomic mass is 10.1. The summed E-state index contributed by atoms with van der Waals surface area (Å²) in [6.07, 6.45) is 0. The molecule has 0 saturated carbocycles. The summed E-state index contributed by atoms with van der Waals surface area (Å²) in [7, 11) is 0. The van der Waals surface area contributed by atoms with Gasteiger partial charge >= 0.3 is 5.97 Å². The quantitative estimate of drug-likeness (QED) is 0.801. The Balaban J connectivity index is 2.29. The molecule has 0 spiro atoms. The molecule has 0 amide bonds. The molecule has 21 heavy (non-hydrogen) atoms. The maximum Gasteiger partial charge on any atom is 0.323 e. The molecule has 1 N–H and O–H groups in total. The molecule has 0 saturated heterocycles. The van der Waals surface area contributed by atoms with E-state index in [1.807, 2.05) is 45.0 Å². The van der Waals surface area contributed by atoms with Crippen LogP contribution in [0.2, 0.25) is 0 Å². The summed E-state index contributed by atoms with van der Waals surface area (Å²) in [4.78, 5) is 18.1. The number of thiophene rings is 1. The summed E-state index contributed by atoms with van der Waals surface area (Å²) in [6.45, 7) is 6.03. The number of carboxylic acids is 1. The number of rotatable bonds is 3. The summed E-state index contributed by atoms with van der Waals surface area (Å²) in [5.41, 5.74) is 4.03. The molecule has 3 aromatic rings. The number of benzene rings is 1. The zero-order valence-corrected chi connectivity index (χ0v) is 13.0. The minimum Gasteiger partial charge on any atom is -0.480 e. The van der Waals surface area contributed by atoms with Crippen LogP contribution in [0.3, 0.4) is 0 Å². The topological polar surface area (TPSA) is 55.1 Å². The van der Waals surface area contributed by atoms with E-state index in [9.17, 15) is 9.90 Å². The molecule has 5 heteroatoms. The number of imidazole rings is 1. The first kappa shape index (κ1) is 13.8. The van der Waals surface area contributed by atoms with Crippen molar-refractivity contribution in [2.24, 2.45) is 0 Å². The van der Waals surface area contributed by atoms with Gasteiger partial charge in [-0.1, -0.05) is 0 Å². The third-order valence-electron chi connectivity index (χ3n) is 3.62. The summed E-state index contributed by atoms with van der Waals surface area (Å²) in [5, 5.41) is 9.20. The van der Waals surface area contributed by atoms with Crippen LogP contribution in [0.1, 0.15) is 16.0 Å². The second kappa shape index (κ2) is 5.00. The Morgan fingerprint density at radius 3 is 2.57 bits per heavy atom. The largest absolute Gasteiger partial charge is 0.480 e. The normalized spacial score (nSPS) is 11.2. The minimum absolute atomic E-state index is 0.0781. The highest BCUT2D eigenvalue weighted by Gasteiger charge is 2.16. The van der Waals surface area contributed by atoms with Crippen LogP contribution in [0.25, 0.3) is 21.7 Å². The van der Waals surface area contributed by atoms with E-state index in [1.165, 1.54) is 4.88 Å². The minimum atomic E-state index is -0.859. The second-order valence-electron chi connectivity index (χ2n) is 5.25. The Kier molecular flexibility index (Phi) is 3.29. The third-order valence-corrected chi connectivity index (χ3v) is 4.61. The standard InChI is InChI=1S/C16H16N2O2S/c1-9-6-12-13(7-10(9)2)18(8-15(19)20)16(17-12)14-5-4-11(3)21-14/h4-7H,8H2,1-3H3,(H,19,20). The maximum absolute atomic E-state index is 11.2. The Morgan fingerprint density at radius 1 is 1.24 bits per heavy atom. The zero-order chi connectivity index (χ0) is 15.1. The molecule has 0 aliphatic heterocycles. The fourth-order valence-electron chi connectivity index (χ4n) is 2.42. The predicted molar refractivity (Wildman–Crippen MR) is 84.9 cm³/mol. The van der Waals surface area contributed by atoms with E-state index in [2.05, 4.69) is 4.98 Å². The van der Waals surface area contributed by atoms with Gasteiger partial charge in [-0.2, -0.15) is 0 Å². The number of carboxylic acid groups (broad SMARTS) is 1. The predicted octanol–water partition coefficient (Wildman–Crippen LogP) is 3.77. The second-order valence-corrected chi connectivity index (χ2v) is 6.54. The highest BCUT2D eigenvalue weighted by Crippen LogP contribution is 2.31. The van der Waals surface area contributed by atoms with Crippen LogP contribution in [-0.2, 0) is 11.3 Å². The molecule has 0 fully saturated rings. The van der Waals surface area contributed by atoms with E-state index in [0.29, 0.717) is 0 Å². The van der Waals surface area contributed by atoms with Crippen molar-refractivity contribution in [2.75, 3.05) is 0 Å². The van der Waals surface area contributed by atoms with Crippen LogP contribution in [0, 0.1) is 20.8 Å². The molecule has 4 nitrogen and oxygen atoms in total. The van der Waals surface area contributed by atoms with Gasteiger partial charge < -0.3 is 9.67 Å². The SMILES string of the molecule is Cc1ccc(-c2nc3cc(C)c(C)cc3n2CC(=O)O)s1. The van der Waals surface area contributed by atoms with Crippen molar-refractivity contribution in [1.29, 1.82) is 0 Å². The van der Waals surface area contributed by atoms with E-state index in [1.54, 1.807) is 15.9 Å². The van der Waals surface area contributed by atoms with E-state index >= 15 is 0 Å². The van der Waals surface area contributed by atoms with Crippen LogP contribution in [-0.4, -0.2) is 20.6 Å². The molecule has 2 heterocycles. The molecule has 2 aromatic heterocycles. The monoisotopic (exact) mass is 300 g/mol. The van der Waals surface area contributed by atoms with Gasteiger partial charge in [0.1, 0.15) is 6.54 Å². The highest BCUT2D eigenvalue weighted by atomic mass is 32.1. The van der Waals surface area contributed by atoms with Gasteiger partial charge in [-0.15, -0.1) is 11.3 Å². The van der Waals surface area contributed by atoms with Crippen molar-refractivity contribution >= 4 is 28.3 Å². The molecule has 3 rings (SSSR count). The van der Waals surface area contributed by atoms with Gasteiger partial charge in [0.15, 0.2) is 5.82 Å². The third kappa shape index (κ3) is 2.45. The fraction of sp³-hybridized carbons (Fsp3) is 0.250. The summed E-state index contributed by atoms with van der Waals surface area (Å²) >= 11 is 1.63. The van der Waals surface area contributed by atoms with Crippen LogP contribution >= 0.6 is 11.3 Å². The van der Waals surface area contributed by atoms with Gasteiger partial charge in [-0.05, 0) is 56.2 Å². The number of hydrogen-bond acceptors (Lipinski definition) is 3. The molecular formula is C16H16N2O2S. The lowest BCUT2D eigenvalue weighted by Gasteiger charge is -2.06. The molecular weight excluding hydrogens is 284 g/mol. The van der Waals surface area contributed by atoms with Crippen molar-refractivity contribution in [2.45, 2.75) is 27.3 Å². The van der Waals surface area contributed by atoms with Gasteiger partial charge in [-0.25, -0.2) is 4.98 Å². The Bertz CT molecular complexity index is 845. The summed E-state index contributed by atoms with van der Waals surface area (Å²) in [5.74, 6) is -0.127. The van der Waals surface area contributed by atoms with Crippen LogP contribution in [0.15, 0.2) is 24.3 Å². The lowest BCUT2D eigenvalue weighted by Crippen LogP contribution is -2.09. The Hall–Kier alpha value is -2.14. The van der Waals surface area contributed by atoms with Crippen molar-refractivity contribution in [3.8, 4) is 10.7 Å². The average Bonchev–Trinajstić information content (AvgIpc) is 2.95. The van der Waals surface area contributed by atoms with Gasteiger partial charge in [0.25, 0.3) is 0 Å². The molecule has 0 aliphatic carbocycles. The molecule has 1 aromatic carbocycles. The van der Waals surface area contributed by atoms with Gasteiger partial charge in [-0.3, -0.25) is 4.79 Å². The van der Waals surface area contributed by atoms with E-state index in [-0.39, 0.29) is 6.54 Å². The molecule has 0 bridgehead atoms.